The Bertz CT molecular complexity index is 394. The molecule has 0 saturated carbocycles. The van der Waals surface area contributed by atoms with Gasteiger partial charge in [0.15, 0.2) is 0 Å². The van der Waals surface area contributed by atoms with E-state index in [2.05, 4.69) is 18.7 Å². The van der Waals surface area contributed by atoms with Gasteiger partial charge in [-0.15, -0.1) is 0 Å². The maximum atomic E-state index is 5.80. The number of nitrogens with zero attached hydrogens (tertiary/aromatic N) is 1. The first-order chi connectivity index (χ1) is 10.2. The molecule has 1 aliphatic heterocycles. The van der Waals surface area contributed by atoms with E-state index in [1.54, 1.807) is 0 Å². The molecule has 0 amide bonds. The van der Waals surface area contributed by atoms with Crippen molar-refractivity contribution in [1.82, 2.24) is 4.90 Å². The third-order valence-electron chi connectivity index (χ3n) is 3.97. The predicted octanol–water partition coefficient (Wildman–Crippen LogP) is 3.83. The molecular weight excluding hydrogens is 262 g/mol. The average molecular weight is 291 g/mol. The van der Waals surface area contributed by atoms with Crippen LogP contribution in [0.15, 0.2) is 24.3 Å². The fraction of sp³-hybridized carbons (Fsp3) is 0.667. The molecule has 21 heavy (non-hydrogen) atoms. The third-order valence-corrected chi connectivity index (χ3v) is 3.97. The van der Waals surface area contributed by atoms with Gasteiger partial charge in [0.2, 0.25) is 0 Å². The zero-order valence-corrected chi connectivity index (χ0v) is 13.7. The van der Waals surface area contributed by atoms with E-state index in [1.165, 1.54) is 19.5 Å². The minimum atomic E-state index is 0.701. The van der Waals surface area contributed by atoms with E-state index in [0.29, 0.717) is 6.61 Å². The standard InChI is InChI=1S/C18H29NO2/c1-4-20-17-6-8-18(9-7-17)21-11-5-10-19-13-15(2)12-16(3)14-19/h6-9,15-16H,4-5,10-14H2,1-3H3/t15-,16-/m1/s1. The SMILES string of the molecule is CCOc1ccc(OCCCN2C[C@H](C)C[C@@H](C)C2)cc1. The molecule has 0 unspecified atom stereocenters. The number of ether oxygens (including phenoxy) is 2. The lowest BCUT2D eigenvalue weighted by Gasteiger charge is -2.34. The lowest BCUT2D eigenvalue weighted by atomic mass is 9.92. The Hall–Kier alpha value is -1.22. The molecule has 3 heteroatoms. The molecule has 0 aliphatic carbocycles. The van der Waals surface area contributed by atoms with Crippen molar-refractivity contribution >= 4 is 0 Å². The second kappa shape index (κ2) is 8.28. The van der Waals surface area contributed by atoms with Gasteiger partial charge in [0.25, 0.3) is 0 Å². The predicted molar refractivity (Wildman–Crippen MR) is 87.1 cm³/mol. The highest BCUT2D eigenvalue weighted by molar-refractivity contribution is 5.31. The molecule has 0 bridgehead atoms. The van der Waals surface area contributed by atoms with Gasteiger partial charge in [-0.1, -0.05) is 13.8 Å². The van der Waals surface area contributed by atoms with Gasteiger partial charge in [-0.25, -0.2) is 0 Å². The monoisotopic (exact) mass is 291 g/mol. The molecular formula is C18H29NO2. The van der Waals surface area contributed by atoms with Gasteiger partial charge < -0.3 is 14.4 Å². The van der Waals surface area contributed by atoms with Crippen molar-refractivity contribution in [3.05, 3.63) is 24.3 Å². The second-order valence-corrected chi connectivity index (χ2v) is 6.31. The number of piperidine rings is 1. The number of rotatable bonds is 7. The van der Waals surface area contributed by atoms with Crippen LogP contribution in [0, 0.1) is 11.8 Å². The van der Waals surface area contributed by atoms with Crippen LogP contribution in [-0.4, -0.2) is 37.7 Å². The van der Waals surface area contributed by atoms with Crippen molar-refractivity contribution in [3.8, 4) is 11.5 Å². The Kier molecular flexibility index (Phi) is 6.37. The van der Waals surface area contributed by atoms with Gasteiger partial charge in [0, 0.05) is 19.6 Å². The Morgan fingerprint density at radius 3 is 2.14 bits per heavy atom. The molecule has 2 rings (SSSR count). The second-order valence-electron chi connectivity index (χ2n) is 6.31. The Balaban J connectivity index is 1.65. The molecule has 2 atom stereocenters. The summed E-state index contributed by atoms with van der Waals surface area (Å²) in [4.78, 5) is 2.58. The zero-order valence-electron chi connectivity index (χ0n) is 13.7. The maximum Gasteiger partial charge on any atom is 0.119 e. The molecule has 3 nitrogen and oxygen atoms in total. The van der Waals surface area contributed by atoms with Gasteiger partial charge >= 0.3 is 0 Å². The summed E-state index contributed by atoms with van der Waals surface area (Å²) in [5.74, 6) is 3.50. The van der Waals surface area contributed by atoms with Crippen LogP contribution < -0.4 is 9.47 Å². The fourth-order valence-electron chi connectivity index (χ4n) is 3.25. The van der Waals surface area contributed by atoms with Crippen LogP contribution in [0.2, 0.25) is 0 Å². The molecule has 1 heterocycles. The average Bonchev–Trinajstić information content (AvgIpc) is 2.45. The van der Waals surface area contributed by atoms with E-state index in [-0.39, 0.29) is 0 Å². The number of benzene rings is 1. The molecule has 1 aliphatic rings. The topological polar surface area (TPSA) is 21.7 Å². The van der Waals surface area contributed by atoms with E-state index in [1.807, 2.05) is 31.2 Å². The van der Waals surface area contributed by atoms with Crippen LogP contribution >= 0.6 is 0 Å². The third kappa shape index (κ3) is 5.58. The first kappa shape index (κ1) is 16.2. The van der Waals surface area contributed by atoms with Crippen molar-refractivity contribution < 1.29 is 9.47 Å². The summed E-state index contributed by atoms with van der Waals surface area (Å²) in [5, 5.41) is 0. The molecule has 118 valence electrons. The van der Waals surface area contributed by atoms with Crippen molar-refractivity contribution in [2.75, 3.05) is 32.8 Å². The summed E-state index contributed by atoms with van der Waals surface area (Å²) in [7, 11) is 0. The molecule has 1 saturated heterocycles. The van der Waals surface area contributed by atoms with E-state index in [0.717, 1.165) is 42.9 Å². The van der Waals surface area contributed by atoms with Crippen molar-refractivity contribution in [1.29, 1.82) is 0 Å². The summed E-state index contributed by atoms with van der Waals surface area (Å²) in [6, 6.07) is 7.89. The van der Waals surface area contributed by atoms with Crippen molar-refractivity contribution in [2.45, 2.75) is 33.6 Å². The van der Waals surface area contributed by atoms with Crippen LogP contribution in [0.5, 0.6) is 11.5 Å². The number of hydrogen-bond acceptors (Lipinski definition) is 3. The Morgan fingerprint density at radius 2 is 1.57 bits per heavy atom. The highest BCUT2D eigenvalue weighted by Gasteiger charge is 2.20. The largest absolute Gasteiger partial charge is 0.494 e. The molecule has 0 aromatic heterocycles. The van der Waals surface area contributed by atoms with E-state index in [9.17, 15) is 0 Å². The van der Waals surface area contributed by atoms with Crippen LogP contribution in [0.1, 0.15) is 33.6 Å². The molecule has 1 aromatic rings. The van der Waals surface area contributed by atoms with Crippen LogP contribution in [0.25, 0.3) is 0 Å². The van der Waals surface area contributed by atoms with Gasteiger partial charge in [-0.3, -0.25) is 0 Å². The maximum absolute atomic E-state index is 5.80. The number of hydrogen-bond donors (Lipinski definition) is 0. The molecule has 0 spiro atoms. The minimum absolute atomic E-state index is 0.701. The first-order valence-corrected chi connectivity index (χ1v) is 8.25. The summed E-state index contributed by atoms with van der Waals surface area (Å²) in [6.07, 6.45) is 2.46. The van der Waals surface area contributed by atoms with Gasteiger partial charge in [0.05, 0.1) is 13.2 Å². The lowest BCUT2D eigenvalue weighted by Crippen LogP contribution is -2.39. The fourth-order valence-corrected chi connectivity index (χ4v) is 3.25. The quantitative estimate of drug-likeness (QED) is 0.713. The van der Waals surface area contributed by atoms with Crippen LogP contribution in [0.4, 0.5) is 0 Å². The minimum Gasteiger partial charge on any atom is -0.494 e. The molecule has 1 fully saturated rings. The molecule has 0 N–H and O–H groups in total. The highest BCUT2D eigenvalue weighted by atomic mass is 16.5. The zero-order chi connectivity index (χ0) is 15.1. The van der Waals surface area contributed by atoms with E-state index < -0.39 is 0 Å². The van der Waals surface area contributed by atoms with Gasteiger partial charge in [-0.2, -0.15) is 0 Å². The molecule has 0 radical (unpaired) electrons. The summed E-state index contributed by atoms with van der Waals surface area (Å²) >= 11 is 0. The van der Waals surface area contributed by atoms with Crippen molar-refractivity contribution in [3.63, 3.8) is 0 Å². The van der Waals surface area contributed by atoms with Crippen LogP contribution in [-0.2, 0) is 0 Å². The van der Waals surface area contributed by atoms with Crippen molar-refractivity contribution in [2.24, 2.45) is 11.8 Å². The lowest BCUT2D eigenvalue weighted by molar-refractivity contribution is 0.132. The smallest absolute Gasteiger partial charge is 0.119 e. The number of likely N-dealkylation sites (tertiary alicyclic amines) is 1. The Labute approximate surface area is 129 Å². The summed E-state index contributed by atoms with van der Waals surface area (Å²) in [5.41, 5.74) is 0. The Morgan fingerprint density at radius 1 is 1.00 bits per heavy atom. The first-order valence-electron chi connectivity index (χ1n) is 8.25. The van der Waals surface area contributed by atoms with Gasteiger partial charge in [-0.05, 0) is 55.9 Å². The highest BCUT2D eigenvalue weighted by Crippen LogP contribution is 2.21. The van der Waals surface area contributed by atoms with E-state index >= 15 is 0 Å². The van der Waals surface area contributed by atoms with Gasteiger partial charge in [0.1, 0.15) is 11.5 Å². The van der Waals surface area contributed by atoms with Crippen LogP contribution in [0.3, 0.4) is 0 Å². The van der Waals surface area contributed by atoms with E-state index in [4.69, 9.17) is 9.47 Å². The normalized spacial score (nSPS) is 23.0. The molecule has 1 aromatic carbocycles. The summed E-state index contributed by atoms with van der Waals surface area (Å²) in [6.45, 7) is 11.8. The summed E-state index contributed by atoms with van der Waals surface area (Å²) < 4.78 is 11.2.